The van der Waals surface area contributed by atoms with Crippen LogP contribution in [0.15, 0.2) is 39.8 Å². The summed E-state index contributed by atoms with van der Waals surface area (Å²) in [4.78, 5) is 4.33. The van der Waals surface area contributed by atoms with Gasteiger partial charge < -0.3 is 9.84 Å². The average Bonchev–Trinajstić information content (AvgIpc) is 3.15. The van der Waals surface area contributed by atoms with Gasteiger partial charge in [-0.2, -0.15) is 21.4 Å². The van der Waals surface area contributed by atoms with Crippen LogP contribution in [0.2, 0.25) is 0 Å². The number of hydrogen-bond donors (Lipinski definition) is 1. The normalized spacial score (nSPS) is 10.9. The highest BCUT2D eigenvalue weighted by molar-refractivity contribution is 7.08. The lowest BCUT2D eigenvalue weighted by Crippen LogP contribution is -2.19. The van der Waals surface area contributed by atoms with E-state index in [0.717, 1.165) is 18.7 Å². The first kappa shape index (κ1) is 12.1. The van der Waals surface area contributed by atoms with Gasteiger partial charge in [-0.25, -0.2) is 0 Å². The number of nitrogens with zero attached hydrogens (tertiary/aromatic N) is 4. The molecule has 3 aromatic rings. The zero-order chi connectivity index (χ0) is 12.9. The fourth-order valence-electron chi connectivity index (χ4n) is 1.66. The Labute approximate surface area is 114 Å². The van der Waals surface area contributed by atoms with Crippen molar-refractivity contribution in [2.24, 2.45) is 0 Å². The Bertz CT molecular complexity index is 602. The lowest BCUT2D eigenvalue weighted by molar-refractivity contribution is 0.366. The first-order chi connectivity index (χ1) is 9.42. The molecule has 3 rings (SSSR count). The van der Waals surface area contributed by atoms with Gasteiger partial charge in [-0.3, -0.25) is 4.68 Å². The van der Waals surface area contributed by atoms with Crippen LogP contribution >= 0.6 is 11.3 Å². The Morgan fingerprint density at radius 1 is 1.42 bits per heavy atom. The highest BCUT2D eigenvalue weighted by Crippen LogP contribution is 2.18. The Kier molecular flexibility index (Phi) is 3.66. The molecule has 0 saturated heterocycles. The summed E-state index contributed by atoms with van der Waals surface area (Å²) in [6.45, 7) is 2.19. The van der Waals surface area contributed by atoms with Crippen molar-refractivity contribution in [2.45, 2.75) is 13.1 Å². The molecule has 0 radical (unpaired) electrons. The molecule has 0 spiro atoms. The largest absolute Gasteiger partial charge is 0.338 e. The minimum Gasteiger partial charge on any atom is -0.338 e. The van der Waals surface area contributed by atoms with Crippen molar-refractivity contribution in [1.29, 1.82) is 0 Å². The maximum absolute atomic E-state index is 5.18. The lowest BCUT2D eigenvalue weighted by atomic mass is 10.3. The second-order valence-corrected chi connectivity index (χ2v) is 4.75. The van der Waals surface area contributed by atoms with Crippen molar-refractivity contribution in [3.05, 3.63) is 41.2 Å². The maximum atomic E-state index is 5.18. The summed E-state index contributed by atoms with van der Waals surface area (Å²) < 4.78 is 7.06. The molecule has 3 heterocycles. The maximum Gasteiger partial charge on any atom is 0.240 e. The molecular formula is C12H13N5OS. The highest BCUT2D eigenvalue weighted by atomic mass is 32.1. The highest BCUT2D eigenvalue weighted by Gasteiger charge is 2.08. The number of thiophene rings is 1. The average molecular weight is 275 g/mol. The van der Waals surface area contributed by atoms with Crippen LogP contribution in [0, 0.1) is 0 Å². The van der Waals surface area contributed by atoms with Crippen molar-refractivity contribution >= 4 is 11.3 Å². The molecule has 0 aliphatic heterocycles. The third-order valence-electron chi connectivity index (χ3n) is 2.60. The predicted molar refractivity (Wildman–Crippen MR) is 71.5 cm³/mol. The molecule has 1 N–H and O–H groups in total. The zero-order valence-electron chi connectivity index (χ0n) is 10.2. The fourth-order valence-corrected chi connectivity index (χ4v) is 2.29. The molecule has 0 saturated carbocycles. The molecule has 0 unspecified atom stereocenters. The summed E-state index contributed by atoms with van der Waals surface area (Å²) in [7, 11) is 0. The molecular weight excluding hydrogens is 262 g/mol. The van der Waals surface area contributed by atoms with E-state index in [-0.39, 0.29) is 0 Å². The molecule has 3 aromatic heterocycles. The molecule has 19 heavy (non-hydrogen) atoms. The minimum atomic E-state index is 0.568. The van der Waals surface area contributed by atoms with Gasteiger partial charge in [-0.15, -0.1) is 0 Å². The molecule has 0 aromatic carbocycles. The Morgan fingerprint density at radius 2 is 2.42 bits per heavy atom. The number of rotatable bonds is 6. The van der Waals surface area contributed by atoms with Crippen LogP contribution in [0.25, 0.3) is 11.4 Å². The topological polar surface area (TPSA) is 68.8 Å². The van der Waals surface area contributed by atoms with Gasteiger partial charge in [-0.05, 0) is 17.5 Å². The van der Waals surface area contributed by atoms with Crippen LogP contribution in [0.1, 0.15) is 5.89 Å². The van der Waals surface area contributed by atoms with Gasteiger partial charge in [0.05, 0.1) is 13.1 Å². The Morgan fingerprint density at radius 3 is 3.21 bits per heavy atom. The van der Waals surface area contributed by atoms with Crippen molar-refractivity contribution in [3.8, 4) is 11.4 Å². The van der Waals surface area contributed by atoms with Crippen molar-refractivity contribution in [1.82, 2.24) is 25.2 Å². The van der Waals surface area contributed by atoms with E-state index in [1.807, 2.05) is 33.8 Å². The Hall–Kier alpha value is -1.99. The Balaban J connectivity index is 1.48. The summed E-state index contributed by atoms with van der Waals surface area (Å²) in [6, 6.07) is 3.88. The molecule has 6 nitrogen and oxygen atoms in total. The molecule has 7 heteroatoms. The summed E-state index contributed by atoms with van der Waals surface area (Å²) in [5, 5.41) is 15.3. The van der Waals surface area contributed by atoms with Crippen LogP contribution in [-0.4, -0.2) is 26.5 Å². The van der Waals surface area contributed by atoms with E-state index in [1.165, 1.54) is 0 Å². The van der Waals surface area contributed by atoms with E-state index in [1.54, 1.807) is 17.5 Å². The second-order valence-electron chi connectivity index (χ2n) is 3.97. The van der Waals surface area contributed by atoms with Crippen LogP contribution in [0.5, 0.6) is 0 Å². The first-order valence-corrected chi connectivity index (χ1v) is 6.89. The summed E-state index contributed by atoms with van der Waals surface area (Å²) in [6.07, 6.45) is 3.70. The summed E-state index contributed by atoms with van der Waals surface area (Å²) >= 11 is 1.62. The number of aromatic nitrogens is 4. The molecule has 0 bridgehead atoms. The van der Waals surface area contributed by atoms with Crippen LogP contribution in [-0.2, 0) is 13.1 Å². The van der Waals surface area contributed by atoms with E-state index >= 15 is 0 Å². The van der Waals surface area contributed by atoms with Crippen LogP contribution in [0.4, 0.5) is 0 Å². The van der Waals surface area contributed by atoms with E-state index in [2.05, 4.69) is 20.6 Å². The van der Waals surface area contributed by atoms with Gasteiger partial charge in [0.2, 0.25) is 11.7 Å². The van der Waals surface area contributed by atoms with E-state index in [0.29, 0.717) is 18.3 Å². The molecule has 0 atom stereocenters. The quantitative estimate of drug-likeness (QED) is 0.694. The van der Waals surface area contributed by atoms with Gasteiger partial charge in [0.1, 0.15) is 0 Å². The third-order valence-corrected chi connectivity index (χ3v) is 3.28. The van der Waals surface area contributed by atoms with Gasteiger partial charge in [-0.1, -0.05) is 5.16 Å². The van der Waals surface area contributed by atoms with Gasteiger partial charge in [0, 0.05) is 29.9 Å². The second kappa shape index (κ2) is 5.77. The molecule has 0 fully saturated rings. The monoisotopic (exact) mass is 275 g/mol. The van der Waals surface area contributed by atoms with Crippen molar-refractivity contribution in [3.63, 3.8) is 0 Å². The zero-order valence-corrected chi connectivity index (χ0v) is 11.0. The number of hydrogen-bond acceptors (Lipinski definition) is 6. The van der Waals surface area contributed by atoms with Gasteiger partial charge in [0.15, 0.2) is 0 Å². The van der Waals surface area contributed by atoms with Gasteiger partial charge >= 0.3 is 0 Å². The summed E-state index contributed by atoms with van der Waals surface area (Å²) in [5.41, 5.74) is 0.997. The van der Waals surface area contributed by atoms with E-state index in [9.17, 15) is 0 Å². The first-order valence-electron chi connectivity index (χ1n) is 5.95. The van der Waals surface area contributed by atoms with E-state index in [4.69, 9.17) is 4.52 Å². The SMILES string of the molecule is c1cnn(CCNCc2nc(-c3ccsc3)no2)c1. The van der Waals surface area contributed by atoms with Gasteiger partial charge in [0.25, 0.3) is 0 Å². The minimum absolute atomic E-state index is 0.568. The fraction of sp³-hybridized carbons (Fsp3) is 0.250. The van der Waals surface area contributed by atoms with Crippen molar-refractivity contribution < 1.29 is 4.52 Å². The smallest absolute Gasteiger partial charge is 0.240 e. The number of nitrogens with one attached hydrogen (secondary N) is 1. The summed E-state index contributed by atoms with van der Waals surface area (Å²) in [5.74, 6) is 1.24. The standard InChI is InChI=1S/C12H13N5OS/c1-3-14-17(5-1)6-4-13-8-11-15-12(16-18-11)10-2-7-19-9-10/h1-3,5,7,9,13H,4,6,8H2. The molecule has 0 aliphatic rings. The lowest BCUT2D eigenvalue weighted by Gasteiger charge is -2.01. The van der Waals surface area contributed by atoms with Crippen LogP contribution < -0.4 is 5.32 Å². The molecule has 0 aliphatic carbocycles. The van der Waals surface area contributed by atoms with E-state index < -0.39 is 0 Å². The third kappa shape index (κ3) is 3.07. The van der Waals surface area contributed by atoms with Crippen LogP contribution in [0.3, 0.4) is 0 Å². The van der Waals surface area contributed by atoms with Crippen molar-refractivity contribution in [2.75, 3.05) is 6.54 Å². The predicted octanol–water partition coefficient (Wildman–Crippen LogP) is 1.78. The molecule has 0 amide bonds. The molecule has 98 valence electrons.